The third-order valence-corrected chi connectivity index (χ3v) is 4.36. The zero-order valence-electron chi connectivity index (χ0n) is 13.7. The molecule has 4 rings (SSSR count). The van der Waals surface area contributed by atoms with E-state index in [1.807, 2.05) is 12.1 Å². The lowest BCUT2D eigenvalue weighted by molar-refractivity contribution is 0.0802. The van der Waals surface area contributed by atoms with E-state index in [1.54, 1.807) is 30.7 Å². The molecule has 7 heteroatoms. The molecule has 0 N–H and O–H groups in total. The van der Waals surface area contributed by atoms with E-state index in [1.165, 1.54) is 0 Å². The third-order valence-electron chi connectivity index (χ3n) is 4.36. The lowest BCUT2D eigenvalue weighted by Gasteiger charge is -2.30. The Morgan fingerprint density at radius 1 is 1.28 bits per heavy atom. The number of aromatic nitrogens is 3. The Bertz CT molecular complexity index is 829. The van der Waals surface area contributed by atoms with Crippen LogP contribution in [-0.4, -0.2) is 38.9 Å². The van der Waals surface area contributed by atoms with Crippen LogP contribution in [0, 0.1) is 5.92 Å². The summed E-state index contributed by atoms with van der Waals surface area (Å²) in [4.78, 5) is 23.3. The van der Waals surface area contributed by atoms with Gasteiger partial charge in [-0.05, 0) is 43.7 Å². The van der Waals surface area contributed by atoms with Crippen molar-refractivity contribution in [3.63, 3.8) is 0 Å². The van der Waals surface area contributed by atoms with Gasteiger partial charge < -0.3 is 8.94 Å². The van der Waals surface area contributed by atoms with E-state index in [4.69, 9.17) is 8.94 Å². The average molecular weight is 338 g/mol. The van der Waals surface area contributed by atoms with Gasteiger partial charge in [0, 0.05) is 18.7 Å². The van der Waals surface area contributed by atoms with Gasteiger partial charge in [0.05, 0.1) is 12.8 Å². The quantitative estimate of drug-likeness (QED) is 0.661. The van der Waals surface area contributed by atoms with Crippen molar-refractivity contribution in [3.05, 3.63) is 54.3 Å². The maximum atomic E-state index is 12.6. The Morgan fingerprint density at radius 3 is 3.04 bits per heavy atom. The van der Waals surface area contributed by atoms with Gasteiger partial charge in [-0.15, -0.1) is 0 Å². The van der Waals surface area contributed by atoms with Gasteiger partial charge in [0.15, 0.2) is 17.4 Å². The maximum absolute atomic E-state index is 12.6. The molecule has 0 saturated carbocycles. The summed E-state index contributed by atoms with van der Waals surface area (Å²) in [6.07, 6.45) is 5.07. The van der Waals surface area contributed by atoms with E-state index in [9.17, 15) is 4.79 Å². The molecule has 4 heterocycles. The van der Waals surface area contributed by atoms with Crippen molar-refractivity contribution in [2.45, 2.75) is 19.4 Å². The minimum atomic E-state index is -0.0416. The number of hydrogen-bond acceptors (Lipinski definition) is 7. The average Bonchev–Trinajstić information content (AvgIpc) is 3.34. The van der Waals surface area contributed by atoms with Gasteiger partial charge in [-0.1, -0.05) is 11.2 Å². The summed E-state index contributed by atoms with van der Waals surface area (Å²) in [5.74, 6) is 1.59. The highest BCUT2D eigenvalue weighted by Gasteiger charge is 2.28. The van der Waals surface area contributed by atoms with E-state index in [0.29, 0.717) is 36.3 Å². The Hall–Kier alpha value is -2.80. The maximum Gasteiger partial charge on any atom is 0.293 e. The van der Waals surface area contributed by atoms with E-state index in [2.05, 4.69) is 20.0 Å². The standard InChI is InChI=1S/C18H18N4O3/c23-17(14-6-1-2-8-19-14)13-5-3-9-22(11-13)12-16-20-18(25-21-16)15-7-4-10-24-15/h1-2,4,6-8,10,13H,3,5,9,11-12H2/t13-/m1/s1. The van der Waals surface area contributed by atoms with Crippen LogP contribution < -0.4 is 0 Å². The molecular weight excluding hydrogens is 320 g/mol. The smallest absolute Gasteiger partial charge is 0.293 e. The Balaban J connectivity index is 1.41. The van der Waals surface area contributed by atoms with Gasteiger partial charge in [-0.25, -0.2) is 0 Å². The highest BCUT2D eigenvalue weighted by Crippen LogP contribution is 2.22. The Morgan fingerprint density at radius 2 is 2.24 bits per heavy atom. The number of rotatable bonds is 5. The fourth-order valence-corrected chi connectivity index (χ4v) is 3.15. The van der Waals surface area contributed by atoms with Crippen LogP contribution in [0.1, 0.15) is 29.2 Å². The molecule has 1 saturated heterocycles. The predicted octanol–water partition coefficient (Wildman–Crippen LogP) is 2.82. The number of hydrogen-bond donors (Lipinski definition) is 0. The number of likely N-dealkylation sites (tertiary alicyclic amines) is 1. The topological polar surface area (TPSA) is 85.3 Å². The lowest BCUT2D eigenvalue weighted by Crippen LogP contribution is -2.38. The van der Waals surface area contributed by atoms with Crippen LogP contribution in [0.3, 0.4) is 0 Å². The third kappa shape index (κ3) is 3.51. The number of piperidine rings is 1. The second-order valence-corrected chi connectivity index (χ2v) is 6.15. The van der Waals surface area contributed by atoms with Crippen LogP contribution >= 0.6 is 0 Å². The van der Waals surface area contributed by atoms with Crippen LogP contribution in [-0.2, 0) is 6.54 Å². The predicted molar refractivity (Wildman–Crippen MR) is 88.6 cm³/mol. The SMILES string of the molecule is O=C(c1ccccn1)[C@@H]1CCCN(Cc2noc(-c3ccco3)n2)C1. The molecule has 3 aromatic rings. The van der Waals surface area contributed by atoms with Gasteiger partial charge in [0.25, 0.3) is 5.89 Å². The highest BCUT2D eigenvalue weighted by molar-refractivity contribution is 5.96. The summed E-state index contributed by atoms with van der Waals surface area (Å²) < 4.78 is 10.5. The number of pyridine rings is 1. The van der Waals surface area contributed by atoms with Crippen molar-refractivity contribution in [3.8, 4) is 11.7 Å². The first-order valence-electron chi connectivity index (χ1n) is 8.33. The molecule has 1 aliphatic heterocycles. The van der Waals surface area contributed by atoms with Crippen molar-refractivity contribution < 1.29 is 13.7 Å². The summed E-state index contributed by atoms with van der Waals surface area (Å²) >= 11 is 0. The van der Waals surface area contributed by atoms with Gasteiger partial charge in [-0.2, -0.15) is 4.98 Å². The van der Waals surface area contributed by atoms with E-state index < -0.39 is 0 Å². The van der Waals surface area contributed by atoms with Gasteiger partial charge in [0.2, 0.25) is 0 Å². The Kier molecular flexibility index (Phi) is 4.39. The van der Waals surface area contributed by atoms with E-state index in [0.717, 1.165) is 19.4 Å². The van der Waals surface area contributed by atoms with Gasteiger partial charge in [0.1, 0.15) is 5.69 Å². The second-order valence-electron chi connectivity index (χ2n) is 6.15. The van der Waals surface area contributed by atoms with E-state index in [-0.39, 0.29) is 11.7 Å². The van der Waals surface area contributed by atoms with Crippen LogP contribution in [0.5, 0.6) is 0 Å². The van der Waals surface area contributed by atoms with Crippen LogP contribution in [0.2, 0.25) is 0 Å². The summed E-state index contributed by atoms with van der Waals surface area (Å²) in [6.45, 7) is 2.15. The summed E-state index contributed by atoms with van der Waals surface area (Å²) in [7, 11) is 0. The molecule has 0 aliphatic carbocycles. The summed E-state index contributed by atoms with van der Waals surface area (Å²) in [5, 5.41) is 4.01. The van der Waals surface area contributed by atoms with Crippen molar-refractivity contribution in [1.29, 1.82) is 0 Å². The minimum Gasteiger partial charge on any atom is -0.459 e. The first kappa shape index (κ1) is 15.7. The molecule has 128 valence electrons. The molecule has 25 heavy (non-hydrogen) atoms. The summed E-state index contributed by atoms with van der Waals surface area (Å²) in [5.41, 5.74) is 0.536. The number of carbonyl (C=O) groups excluding carboxylic acids is 1. The van der Waals surface area contributed by atoms with Crippen molar-refractivity contribution in [2.75, 3.05) is 13.1 Å². The molecular formula is C18H18N4O3. The fourth-order valence-electron chi connectivity index (χ4n) is 3.15. The van der Waals surface area contributed by atoms with Gasteiger partial charge in [-0.3, -0.25) is 14.7 Å². The molecule has 1 aliphatic rings. The fraction of sp³-hybridized carbons (Fsp3) is 0.333. The Labute approximate surface area is 144 Å². The summed E-state index contributed by atoms with van der Waals surface area (Å²) in [6, 6.07) is 8.99. The highest BCUT2D eigenvalue weighted by atomic mass is 16.5. The molecule has 0 unspecified atom stereocenters. The molecule has 0 amide bonds. The molecule has 1 fully saturated rings. The normalized spacial score (nSPS) is 18.3. The van der Waals surface area contributed by atoms with Crippen molar-refractivity contribution in [2.24, 2.45) is 5.92 Å². The number of carbonyl (C=O) groups is 1. The molecule has 0 aromatic carbocycles. The van der Waals surface area contributed by atoms with Crippen molar-refractivity contribution >= 4 is 5.78 Å². The van der Waals surface area contributed by atoms with Crippen LogP contribution in [0.4, 0.5) is 0 Å². The molecule has 3 aromatic heterocycles. The zero-order valence-corrected chi connectivity index (χ0v) is 13.7. The zero-order chi connectivity index (χ0) is 17.1. The van der Waals surface area contributed by atoms with Crippen LogP contribution in [0.25, 0.3) is 11.7 Å². The molecule has 7 nitrogen and oxygen atoms in total. The van der Waals surface area contributed by atoms with Crippen LogP contribution in [0.15, 0.2) is 51.7 Å². The monoisotopic (exact) mass is 338 g/mol. The first-order valence-corrected chi connectivity index (χ1v) is 8.33. The number of Topliss-reactive ketones (excluding diaryl/α,β-unsaturated/α-hetero) is 1. The number of ketones is 1. The van der Waals surface area contributed by atoms with Crippen molar-refractivity contribution in [1.82, 2.24) is 20.0 Å². The van der Waals surface area contributed by atoms with E-state index >= 15 is 0 Å². The number of nitrogens with zero attached hydrogens (tertiary/aromatic N) is 4. The molecule has 0 bridgehead atoms. The molecule has 0 radical (unpaired) electrons. The minimum absolute atomic E-state index is 0.0416. The molecule has 1 atom stereocenters. The second kappa shape index (κ2) is 6.98. The number of furan rings is 1. The largest absolute Gasteiger partial charge is 0.459 e. The lowest BCUT2D eigenvalue weighted by atomic mass is 9.92. The first-order chi connectivity index (χ1) is 12.3. The van der Waals surface area contributed by atoms with Gasteiger partial charge >= 0.3 is 0 Å². The molecule has 0 spiro atoms.